The van der Waals surface area contributed by atoms with Crippen molar-refractivity contribution in [1.29, 1.82) is 0 Å². The van der Waals surface area contributed by atoms with Crippen molar-refractivity contribution in [3.05, 3.63) is 29.3 Å². The van der Waals surface area contributed by atoms with Crippen molar-refractivity contribution < 1.29 is 18.3 Å². The molecule has 1 N–H and O–H groups in total. The van der Waals surface area contributed by atoms with Gasteiger partial charge in [-0.3, -0.25) is 0 Å². The largest absolute Gasteiger partial charge is 0.485 e. The topological polar surface area (TPSA) is 30.5 Å². The third-order valence-corrected chi connectivity index (χ3v) is 2.93. The molecule has 0 aromatic heterocycles. The van der Waals surface area contributed by atoms with Crippen LogP contribution in [0.1, 0.15) is 38.7 Å². The number of benzene rings is 1. The zero-order valence-electron chi connectivity index (χ0n) is 12.9. The maximum Gasteiger partial charge on any atom is 0.190 e. The highest BCUT2D eigenvalue weighted by Crippen LogP contribution is 2.23. The lowest BCUT2D eigenvalue weighted by Gasteiger charge is -2.11. The third kappa shape index (κ3) is 6.87. The minimum atomic E-state index is -0.670. The molecular weight excluding hydrogens is 276 g/mol. The van der Waals surface area contributed by atoms with Crippen molar-refractivity contribution in [2.24, 2.45) is 0 Å². The number of ether oxygens (including phenoxy) is 2. The van der Waals surface area contributed by atoms with E-state index in [1.54, 1.807) is 0 Å². The summed E-state index contributed by atoms with van der Waals surface area (Å²) in [5.74, 6) is -1.66. The Morgan fingerprint density at radius 2 is 1.71 bits per heavy atom. The quantitative estimate of drug-likeness (QED) is 0.633. The van der Waals surface area contributed by atoms with Gasteiger partial charge < -0.3 is 14.8 Å². The van der Waals surface area contributed by atoms with Crippen molar-refractivity contribution in [2.45, 2.75) is 39.7 Å². The Balaban J connectivity index is 2.43. The van der Waals surface area contributed by atoms with Crippen molar-refractivity contribution in [1.82, 2.24) is 5.32 Å². The molecule has 0 heterocycles. The molecule has 120 valence electrons. The van der Waals surface area contributed by atoms with Crippen molar-refractivity contribution in [3.63, 3.8) is 0 Å². The fraction of sp³-hybridized carbons (Fsp3) is 0.625. The van der Waals surface area contributed by atoms with Crippen LogP contribution in [0.2, 0.25) is 0 Å². The van der Waals surface area contributed by atoms with Crippen LogP contribution in [0, 0.1) is 11.6 Å². The molecule has 0 saturated carbocycles. The molecule has 0 radical (unpaired) electrons. The third-order valence-electron chi connectivity index (χ3n) is 2.93. The summed E-state index contributed by atoms with van der Waals surface area (Å²) in [4.78, 5) is 0. The van der Waals surface area contributed by atoms with E-state index < -0.39 is 11.6 Å². The minimum absolute atomic E-state index is 0.144. The van der Waals surface area contributed by atoms with Gasteiger partial charge in [-0.25, -0.2) is 8.78 Å². The molecule has 0 amide bonds. The summed E-state index contributed by atoms with van der Waals surface area (Å²) in [5, 5.41) is 3.10. The molecule has 1 aromatic rings. The first-order chi connectivity index (χ1) is 10.2. The highest BCUT2D eigenvalue weighted by atomic mass is 19.1. The number of unbranched alkanes of at least 4 members (excludes halogenated alkanes) is 1. The van der Waals surface area contributed by atoms with E-state index in [9.17, 15) is 8.78 Å². The van der Waals surface area contributed by atoms with Gasteiger partial charge in [0.25, 0.3) is 0 Å². The van der Waals surface area contributed by atoms with Gasteiger partial charge in [0.2, 0.25) is 0 Å². The lowest BCUT2D eigenvalue weighted by atomic mass is 10.2. The van der Waals surface area contributed by atoms with Crippen LogP contribution in [0.15, 0.2) is 12.1 Å². The SMILES string of the molecule is CCCCOCCOc1c(F)cc(CNCCC)cc1F. The predicted molar refractivity (Wildman–Crippen MR) is 79.6 cm³/mol. The van der Waals surface area contributed by atoms with Gasteiger partial charge in [0.15, 0.2) is 17.4 Å². The normalized spacial score (nSPS) is 10.9. The Morgan fingerprint density at radius 3 is 2.33 bits per heavy atom. The second-order valence-electron chi connectivity index (χ2n) is 4.88. The molecule has 21 heavy (non-hydrogen) atoms. The minimum Gasteiger partial charge on any atom is -0.485 e. The van der Waals surface area contributed by atoms with Crippen molar-refractivity contribution >= 4 is 0 Å². The van der Waals surface area contributed by atoms with Crippen LogP contribution in [-0.2, 0) is 11.3 Å². The fourth-order valence-electron chi connectivity index (χ4n) is 1.81. The summed E-state index contributed by atoms with van der Waals surface area (Å²) < 4.78 is 38.1. The monoisotopic (exact) mass is 301 g/mol. The molecule has 0 atom stereocenters. The molecule has 1 rings (SSSR count). The number of hydrogen-bond donors (Lipinski definition) is 1. The van der Waals surface area contributed by atoms with Crippen LogP contribution in [0.5, 0.6) is 5.75 Å². The first kappa shape index (κ1) is 17.9. The second kappa shape index (κ2) is 10.5. The van der Waals surface area contributed by atoms with Gasteiger partial charge in [-0.2, -0.15) is 0 Å². The lowest BCUT2D eigenvalue weighted by Crippen LogP contribution is -2.14. The summed E-state index contributed by atoms with van der Waals surface area (Å²) in [7, 11) is 0. The molecule has 0 unspecified atom stereocenters. The molecule has 0 aliphatic heterocycles. The molecule has 1 aromatic carbocycles. The summed E-state index contributed by atoms with van der Waals surface area (Å²) in [6.07, 6.45) is 3.00. The Morgan fingerprint density at radius 1 is 1.00 bits per heavy atom. The summed E-state index contributed by atoms with van der Waals surface area (Å²) >= 11 is 0. The molecule has 0 bridgehead atoms. The molecule has 0 fully saturated rings. The van der Waals surface area contributed by atoms with E-state index in [4.69, 9.17) is 9.47 Å². The van der Waals surface area contributed by atoms with Gasteiger partial charge in [-0.1, -0.05) is 20.3 Å². The van der Waals surface area contributed by atoms with Crippen LogP contribution in [0.3, 0.4) is 0 Å². The number of halogens is 2. The average molecular weight is 301 g/mol. The van der Waals surface area contributed by atoms with E-state index in [0.717, 1.165) is 25.8 Å². The van der Waals surface area contributed by atoms with E-state index in [0.29, 0.717) is 25.3 Å². The van der Waals surface area contributed by atoms with Crippen LogP contribution >= 0.6 is 0 Å². The Bertz CT molecular complexity index is 390. The molecule has 0 spiro atoms. The standard InChI is InChI=1S/C16H25F2NO2/c1-3-5-7-20-8-9-21-16-14(17)10-13(11-15(16)18)12-19-6-4-2/h10-11,19H,3-9,12H2,1-2H3. The van der Waals surface area contributed by atoms with Crippen LogP contribution in [0.25, 0.3) is 0 Å². The van der Waals surface area contributed by atoms with Crippen molar-refractivity contribution in [2.75, 3.05) is 26.4 Å². The highest BCUT2D eigenvalue weighted by molar-refractivity contribution is 5.31. The Labute approximate surface area is 125 Å². The number of rotatable bonds is 11. The molecule has 0 aliphatic rings. The van der Waals surface area contributed by atoms with Crippen molar-refractivity contribution in [3.8, 4) is 5.75 Å². The highest BCUT2D eigenvalue weighted by Gasteiger charge is 2.12. The zero-order valence-corrected chi connectivity index (χ0v) is 12.9. The van der Waals surface area contributed by atoms with E-state index in [-0.39, 0.29) is 12.4 Å². The molecule has 5 heteroatoms. The lowest BCUT2D eigenvalue weighted by molar-refractivity contribution is 0.0951. The zero-order chi connectivity index (χ0) is 15.5. The van der Waals surface area contributed by atoms with Gasteiger partial charge in [-0.15, -0.1) is 0 Å². The summed E-state index contributed by atoms with van der Waals surface area (Å²) in [6.45, 7) is 6.49. The van der Waals surface area contributed by atoms with Crippen LogP contribution in [-0.4, -0.2) is 26.4 Å². The van der Waals surface area contributed by atoms with Gasteiger partial charge in [0.05, 0.1) is 6.61 Å². The summed E-state index contributed by atoms with van der Waals surface area (Å²) in [6, 6.07) is 2.61. The Kier molecular flexibility index (Phi) is 8.94. The fourth-order valence-corrected chi connectivity index (χ4v) is 1.81. The molecule has 0 saturated heterocycles. The van der Waals surface area contributed by atoms with Gasteiger partial charge in [0, 0.05) is 13.2 Å². The number of hydrogen-bond acceptors (Lipinski definition) is 3. The van der Waals surface area contributed by atoms with Gasteiger partial charge >= 0.3 is 0 Å². The van der Waals surface area contributed by atoms with Crippen LogP contribution in [0.4, 0.5) is 8.78 Å². The molecule has 3 nitrogen and oxygen atoms in total. The van der Waals surface area contributed by atoms with Gasteiger partial charge in [-0.05, 0) is 37.1 Å². The smallest absolute Gasteiger partial charge is 0.190 e. The molecular formula is C16H25F2NO2. The van der Waals surface area contributed by atoms with Gasteiger partial charge in [0.1, 0.15) is 6.61 Å². The number of nitrogens with one attached hydrogen (secondary N) is 1. The summed E-state index contributed by atoms with van der Waals surface area (Å²) in [5.41, 5.74) is 0.574. The van der Waals surface area contributed by atoms with E-state index in [2.05, 4.69) is 12.2 Å². The Hall–Kier alpha value is -1.20. The maximum atomic E-state index is 13.8. The maximum absolute atomic E-state index is 13.8. The first-order valence-electron chi connectivity index (χ1n) is 7.58. The second-order valence-corrected chi connectivity index (χ2v) is 4.88. The predicted octanol–water partition coefficient (Wildman–Crippen LogP) is 3.66. The van der Waals surface area contributed by atoms with E-state index in [1.807, 2.05) is 6.92 Å². The van der Waals surface area contributed by atoms with E-state index >= 15 is 0 Å². The van der Waals surface area contributed by atoms with Crippen LogP contribution < -0.4 is 10.1 Å². The molecule has 0 aliphatic carbocycles. The van der Waals surface area contributed by atoms with E-state index in [1.165, 1.54) is 12.1 Å². The first-order valence-corrected chi connectivity index (χ1v) is 7.58. The average Bonchev–Trinajstić information content (AvgIpc) is 2.45.